The topological polar surface area (TPSA) is 51.8 Å². The zero-order chi connectivity index (χ0) is 43.1. The van der Waals surface area contributed by atoms with Gasteiger partial charge in [0.25, 0.3) is 0 Å². The summed E-state index contributed by atoms with van der Waals surface area (Å²) in [6, 6.07) is 82.9. The van der Waals surface area contributed by atoms with Crippen molar-refractivity contribution in [2.75, 3.05) is 0 Å². The molecule has 0 saturated carbocycles. The van der Waals surface area contributed by atoms with Crippen LogP contribution in [0.15, 0.2) is 241 Å². The van der Waals surface area contributed by atoms with Gasteiger partial charge in [-0.3, -0.25) is 0 Å². The Bertz CT molecular complexity index is 3670. The SMILES string of the molecule is c1ccc(-c2ccc(-c3cccc4c3oc3cccc(-c5nc(-c6ccc(-c7cccc(-c8ccccc8)c7)cc6)nc(-c6ccc7cc(-c8ccccc8)ccc7c6)n5)c34)cc2)cc1. The third-order valence-corrected chi connectivity index (χ3v) is 12.4. The highest BCUT2D eigenvalue weighted by Crippen LogP contribution is 2.41. The van der Waals surface area contributed by atoms with E-state index in [1.165, 1.54) is 33.4 Å². The molecule has 12 rings (SSSR count). The van der Waals surface area contributed by atoms with Crippen molar-refractivity contribution in [1.82, 2.24) is 15.0 Å². The standard InChI is InChI=1S/C61H39N3O/c1-4-13-40(14-5-1)43-25-29-45(30-26-43)53-21-11-22-54-57-55(23-12-24-56(57)65-58(53)54)61-63-59(46-31-27-44(28-32-46)48-20-10-19-47(37-48)41-15-6-2-7-16-41)62-60(64-61)52-36-35-50-38-49(33-34-51(50)39-52)42-17-8-3-9-18-42/h1-39H. The summed E-state index contributed by atoms with van der Waals surface area (Å²) < 4.78 is 6.76. The molecule has 0 aliphatic rings. The molecule has 0 spiro atoms. The fraction of sp³-hybridized carbons (Fsp3) is 0. The molecule has 0 amide bonds. The zero-order valence-electron chi connectivity index (χ0n) is 35.3. The second-order valence-electron chi connectivity index (χ2n) is 16.4. The number of furan rings is 1. The molecule has 12 aromatic rings. The Balaban J connectivity index is 0.976. The number of nitrogens with zero attached hydrogens (tertiary/aromatic N) is 3. The third kappa shape index (κ3) is 7.23. The Morgan fingerprint density at radius 2 is 0.677 bits per heavy atom. The predicted molar refractivity (Wildman–Crippen MR) is 268 cm³/mol. The first-order valence-corrected chi connectivity index (χ1v) is 21.9. The molecule has 0 unspecified atom stereocenters. The van der Waals surface area contributed by atoms with Crippen molar-refractivity contribution < 1.29 is 4.42 Å². The first kappa shape index (κ1) is 38.0. The molecule has 0 aliphatic carbocycles. The number of hydrogen-bond donors (Lipinski definition) is 0. The summed E-state index contributed by atoms with van der Waals surface area (Å²) in [5, 5.41) is 4.23. The highest BCUT2D eigenvalue weighted by molar-refractivity contribution is 6.15. The van der Waals surface area contributed by atoms with Gasteiger partial charge in [-0.15, -0.1) is 0 Å². The minimum atomic E-state index is 0.579. The highest BCUT2D eigenvalue weighted by Gasteiger charge is 2.20. The van der Waals surface area contributed by atoms with Gasteiger partial charge in [-0.1, -0.05) is 212 Å². The number of aromatic nitrogens is 3. The van der Waals surface area contributed by atoms with E-state index in [1.807, 2.05) is 30.3 Å². The van der Waals surface area contributed by atoms with Gasteiger partial charge in [0.15, 0.2) is 17.5 Å². The largest absolute Gasteiger partial charge is 0.455 e. The van der Waals surface area contributed by atoms with E-state index in [1.54, 1.807) is 0 Å². The molecule has 65 heavy (non-hydrogen) atoms. The lowest BCUT2D eigenvalue weighted by molar-refractivity contribution is 0.670. The normalized spacial score (nSPS) is 11.4. The van der Waals surface area contributed by atoms with Gasteiger partial charge in [-0.25, -0.2) is 15.0 Å². The summed E-state index contributed by atoms with van der Waals surface area (Å²) in [6.07, 6.45) is 0. The van der Waals surface area contributed by atoms with Gasteiger partial charge in [0, 0.05) is 33.0 Å². The Labute approximate surface area is 376 Å². The Morgan fingerprint density at radius 3 is 1.32 bits per heavy atom. The minimum Gasteiger partial charge on any atom is -0.455 e. The summed E-state index contributed by atoms with van der Waals surface area (Å²) >= 11 is 0. The first-order chi connectivity index (χ1) is 32.2. The fourth-order valence-electron chi connectivity index (χ4n) is 9.00. The van der Waals surface area contributed by atoms with E-state index in [9.17, 15) is 0 Å². The molecule has 0 bridgehead atoms. The number of benzene rings is 10. The van der Waals surface area contributed by atoms with Crippen molar-refractivity contribution in [2.45, 2.75) is 0 Å². The lowest BCUT2D eigenvalue weighted by Crippen LogP contribution is -2.00. The second kappa shape index (κ2) is 16.2. The van der Waals surface area contributed by atoms with Crippen LogP contribution < -0.4 is 0 Å². The first-order valence-electron chi connectivity index (χ1n) is 21.9. The molecular weight excluding hydrogens is 791 g/mol. The van der Waals surface area contributed by atoms with Gasteiger partial charge < -0.3 is 4.42 Å². The average Bonchev–Trinajstić information content (AvgIpc) is 3.79. The van der Waals surface area contributed by atoms with E-state index >= 15 is 0 Å². The Kier molecular flexibility index (Phi) is 9.46. The maximum atomic E-state index is 6.76. The maximum Gasteiger partial charge on any atom is 0.164 e. The summed E-state index contributed by atoms with van der Waals surface area (Å²) in [5.41, 5.74) is 15.8. The van der Waals surface area contributed by atoms with Crippen molar-refractivity contribution >= 4 is 32.7 Å². The predicted octanol–water partition coefficient (Wildman–Crippen LogP) is 16.3. The van der Waals surface area contributed by atoms with E-state index in [4.69, 9.17) is 19.4 Å². The molecule has 0 N–H and O–H groups in total. The Morgan fingerprint density at radius 1 is 0.262 bits per heavy atom. The number of rotatable bonds is 8. The molecule has 0 saturated heterocycles. The van der Waals surface area contributed by atoms with Gasteiger partial charge in [0.2, 0.25) is 0 Å². The molecule has 10 aromatic carbocycles. The van der Waals surface area contributed by atoms with Crippen molar-refractivity contribution in [2.24, 2.45) is 0 Å². The van der Waals surface area contributed by atoms with Crippen LogP contribution in [0, 0.1) is 0 Å². The average molecular weight is 830 g/mol. The molecule has 304 valence electrons. The maximum absolute atomic E-state index is 6.76. The summed E-state index contributed by atoms with van der Waals surface area (Å²) in [6.45, 7) is 0. The molecule has 0 fully saturated rings. The molecule has 4 heteroatoms. The fourth-order valence-corrected chi connectivity index (χ4v) is 9.00. The van der Waals surface area contributed by atoms with Crippen molar-refractivity contribution in [3.8, 4) is 89.8 Å². The van der Waals surface area contributed by atoms with Gasteiger partial charge in [-0.05, 0) is 85.1 Å². The van der Waals surface area contributed by atoms with Gasteiger partial charge in [0.05, 0.1) is 0 Å². The smallest absolute Gasteiger partial charge is 0.164 e. The summed E-state index contributed by atoms with van der Waals surface area (Å²) in [7, 11) is 0. The quantitative estimate of drug-likeness (QED) is 0.153. The van der Waals surface area contributed by atoms with Crippen LogP contribution in [0.1, 0.15) is 0 Å². The van der Waals surface area contributed by atoms with Gasteiger partial charge >= 0.3 is 0 Å². The Hall–Kier alpha value is -8.73. The van der Waals surface area contributed by atoms with Crippen molar-refractivity contribution in [3.05, 3.63) is 237 Å². The van der Waals surface area contributed by atoms with Gasteiger partial charge in [-0.2, -0.15) is 0 Å². The molecule has 0 radical (unpaired) electrons. The molecule has 0 atom stereocenters. The van der Waals surface area contributed by atoms with Crippen LogP contribution in [0.5, 0.6) is 0 Å². The lowest BCUT2D eigenvalue weighted by Gasteiger charge is -2.11. The van der Waals surface area contributed by atoms with Crippen molar-refractivity contribution in [1.29, 1.82) is 0 Å². The van der Waals surface area contributed by atoms with E-state index in [2.05, 4.69) is 206 Å². The highest BCUT2D eigenvalue weighted by atomic mass is 16.3. The number of fused-ring (bicyclic) bond motifs is 4. The van der Waals surface area contributed by atoms with Crippen LogP contribution in [0.25, 0.3) is 123 Å². The van der Waals surface area contributed by atoms with Crippen LogP contribution in [0.4, 0.5) is 0 Å². The molecule has 2 heterocycles. The van der Waals surface area contributed by atoms with Crippen LogP contribution in [-0.4, -0.2) is 15.0 Å². The van der Waals surface area contributed by atoms with Crippen LogP contribution in [0.2, 0.25) is 0 Å². The lowest BCUT2D eigenvalue weighted by atomic mass is 9.98. The zero-order valence-corrected chi connectivity index (χ0v) is 35.3. The molecule has 4 nitrogen and oxygen atoms in total. The van der Waals surface area contributed by atoms with Gasteiger partial charge in [0.1, 0.15) is 11.2 Å². The van der Waals surface area contributed by atoms with Crippen LogP contribution in [-0.2, 0) is 0 Å². The van der Waals surface area contributed by atoms with E-state index in [0.717, 1.165) is 71.7 Å². The third-order valence-electron chi connectivity index (χ3n) is 12.4. The molecule has 2 aromatic heterocycles. The van der Waals surface area contributed by atoms with Crippen LogP contribution >= 0.6 is 0 Å². The molecule has 0 aliphatic heterocycles. The monoisotopic (exact) mass is 829 g/mol. The van der Waals surface area contributed by atoms with E-state index in [0.29, 0.717) is 17.5 Å². The van der Waals surface area contributed by atoms with E-state index in [-0.39, 0.29) is 0 Å². The number of para-hydroxylation sites is 1. The van der Waals surface area contributed by atoms with Crippen molar-refractivity contribution in [3.63, 3.8) is 0 Å². The van der Waals surface area contributed by atoms with Crippen LogP contribution in [0.3, 0.4) is 0 Å². The second-order valence-corrected chi connectivity index (χ2v) is 16.4. The minimum absolute atomic E-state index is 0.579. The summed E-state index contributed by atoms with van der Waals surface area (Å²) in [4.78, 5) is 15.7. The van der Waals surface area contributed by atoms with E-state index < -0.39 is 0 Å². The molecular formula is C61H39N3O. The summed E-state index contributed by atoms with van der Waals surface area (Å²) in [5.74, 6) is 1.77. The number of hydrogen-bond acceptors (Lipinski definition) is 4.